The summed E-state index contributed by atoms with van der Waals surface area (Å²) < 4.78 is 10.1. The summed E-state index contributed by atoms with van der Waals surface area (Å²) in [6.45, 7) is 4.53. The molecule has 5 heteroatoms. The molecule has 1 aliphatic heterocycles. The van der Waals surface area contributed by atoms with Crippen LogP contribution in [0.25, 0.3) is 0 Å². The van der Waals surface area contributed by atoms with Crippen LogP contribution in [0, 0.1) is 5.92 Å². The highest BCUT2D eigenvalue weighted by atomic mass is 16.6. The lowest BCUT2D eigenvalue weighted by Crippen LogP contribution is -2.42. The second-order valence-electron chi connectivity index (χ2n) is 4.93. The minimum atomic E-state index is -0.394. The van der Waals surface area contributed by atoms with Gasteiger partial charge in [-0.3, -0.25) is 4.79 Å². The van der Waals surface area contributed by atoms with Crippen LogP contribution in [0.2, 0.25) is 0 Å². The van der Waals surface area contributed by atoms with E-state index in [0.717, 1.165) is 24.7 Å². The van der Waals surface area contributed by atoms with Gasteiger partial charge in [-0.05, 0) is 18.4 Å². The maximum atomic E-state index is 12.0. The number of ether oxygens (including phenoxy) is 2. The molecular formula is C16H19NO4. The summed E-state index contributed by atoms with van der Waals surface area (Å²) in [7, 11) is 0. The van der Waals surface area contributed by atoms with Crippen molar-refractivity contribution >= 4 is 12.1 Å². The molecular weight excluding hydrogens is 270 g/mol. The summed E-state index contributed by atoms with van der Waals surface area (Å²) in [5, 5.41) is 0. The SMILES string of the molecule is C=COC(=O)C1CCCN(C(=O)OCc2ccccc2)C1. The first kappa shape index (κ1) is 15.1. The average molecular weight is 289 g/mol. The summed E-state index contributed by atoms with van der Waals surface area (Å²) in [4.78, 5) is 25.3. The number of carbonyl (C=O) groups is 2. The lowest BCUT2D eigenvalue weighted by atomic mass is 9.99. The number of rotatable bonds is 4. The molecule has 0 aliphatic carbocycles. The van der Waals surface area contributed by atoms with Crippen LogP contribution in [0.5, 0.6) is 0 Å². The summed E-state index contributed by atoms with van der Waals surface area (Å²) >= 11 is 0. The number of hydrogen-bond acceptors (Lipinski definition) is 4. The zero-order valence-electron chi connectivity index (χ0n) is 11.9. The van der Waals surface area contributed by atoms with Gasteiger partial charge >= 0.3 is 12.1 Å². The van der Waals surface area contributed by atoms with E-state index in [9.17, 15) is 9.59 Å². The summed E-state index contributed by atoms with van der Waals surface area (Å²) in [6, 6.07) is 9.49. The van der Waals surface area contributed by atoms with Crippen molar-refractivity contribution in [3.05, 3.63) is 48.7 Å². The standard InChI is InChI=1S/C16H19NO4/c1-2-20-15(18)14-9-6-10-17(11-14)16(19)21-12-13-7-4-3-5-8-13/h2-5,7-8,14H,1,6,9-12H2. The van der Waals surface area contributed by atoms with Crippen molar-refractivity contribution in [2.75, 3.05) is 13.1 Å². The maximum absolute atomic E-state index is 12.0. The Morgan fingerprint density at radius 3 is 2.81 bits per heavy atom. The van der Waals surface area contributed by atoms with Gasteiger partial charge in [0.15, 0.2) is 0 Å². The third kappa shape index (κ3) is 4.34. The van der Waals surface area contributed by atoms with Crippen LogP contribution in [-0.4, -0.2) is 30.1 Å². The van der Waals surface area contributed by atoms with E-state index in [4.69, 9.17) is 9.47 Å². The molecule has 1 atom stereocenters. The Hall–Kier alpha value is -2.30. The molecule has 1 unspecified atom stereocenters. The molecule has 5 nitrogen and oxygen atoms in total. The highest BCUT2D eigenvalue weighted by molar-refractivity contribution is 5.75. The molecule has 0 N–H and O–H groups in total. The van der Waals surface area contributed by atoms with Crippen molar-refractivity contribution in [1.29, 1.82) is 0 Å². The van der Waals surface area contributed by atoms with Crippen molar-refractivity contribution in [1.82, 2.24) is 4.90 Å². The van der Waals surface area contributed by atoms with E-state index in [0.29, 0.717) is 13.1 Å². The van der Waals surface area contributed by atoms with E-state index < -0.39 is 6.09 Å². The van der Waals surface area contributed by atoms with Gasteiger partial charge in [-0.15, -0.1) is 0 Å². The molecule has 1 amide bonds. The fourth-order valence-electron chi connectivity index (χ4n) is 2.32. The van der Waals surface area contributed by atoms with Gasteiger partial charge in [0.05, 0.1) is 12.2 Å². The number of piperidine rings is 1. The number of amides is 1. The predicted octanol–water partition coefficient (Wildman–Crippen LogP) is 2.72. The topological polar surface area (TPSA) is 55.8 Å². The van der Waals surface area contributed by atoms with Gasteiger partial charge in [0.25, 0.3) is 0 Å². The van der Waals surface area contributed by atoms with E-state index in [2.05, 4.69) is 6.58 Å². The Balaban J connectivity index is 1.84. The molecule has 1 aromatic rings. The molecule has 0 aromatic heterocycles. The molecule has 1 heterocycles. The van der Waals surface area contributed by atoms with Crippen molar-refractivity contribution in [3.63, 3.8) is 0 Å². The molecule has 0 bridgehead atoms. The van der Waals surface area contributed by atoms with E-state index >= 15 is 0 Å². The normalized spacial score (nSPS) is 17.9. The molecule has 1 fully saturated rings. The van der Waals surface area contributed by atoms with Gasteiger partial charge in [-0.2, -0.15) is 0 Å². The Bertz CT molecular complexity index is 500. The minimum Gasteiger partial charge on any atom is -0.445 e. The van der Waals surface area contributed by atoms with E-state index in [-0.39, 0.29) is 18.5 Å². The third-order valence-electron chi connectivity index (χ3n) is 3.42. The van der Waals surface area contributed by atoms with Gasteiger partial charge in [0, 0.05) is 13.1 Å². The molecule has 1 aliphatic rings. The molecule has 0 radical (unpaired) electrons. The van der Waals surface area contributed by atoms with E-state index in [1.807, 2.05) is 30.3 Å². The molecule has 21 heavy (non-hydrogen) atoms. The van der Waals surface area contributed by atoms with Crippen LogP contribution >= 0.6 is 0 Å². The Labute approximate surface area is 124 Å². The van der Waals surface area contributed by atoms with Crippen molar-refractivity contribution in [3.8, 4) is 0 Å². The quantitative estimate of drug-likeness (QED) is 0.631. The van der Waals surface area contributed by atoms with Crippen LogP contribution in [-0.2, 0) is 20.9 Å². The zero-order chi connectivity index (χ0) is 15.1. The Kier molecular flexibility index (Phi) is 5.37. The van der Waals surface area contributed by atoms with Gasteiger partial charge in [-0.1, -0.05) is 36.9 Å². The monoisotopic (exact) mass is 289 g/mol. The minimum absolute atomic E-state index is 0.234. The average Bonchev–Trinajstić information content (AvgIpc) is 2.54. The Morgan fingerprint density at radius 1 is 1.33 bits per heavy atom. The van der Waals surface area contributed by atoms with Crippen LogP contribution in [0.15, 0.2) is 43.2 Å². The lowest BCUT2D eigenvalue weighted by molar-refractivity contribution is -0.144. The highest BCUT2D eigenvalue weighted by Crippen LogP contribution is 2.19. The van der Waals surface area contributed by atoms with Gasteiger partial charge in [-0.25, -0.2) is 4.79 Å². The number of nitrogens with zero attached hydrogens (tertiary/aromatic N) is 1. The van der Waals surface area contributed by atoms with Crippen LogP contribution in [0.4, 0.5) is 4.79 Å². The second kappa shape index (κ2) is 7.47. The molecule has 1 saturated heterocycles. The van der Waals surface area contributed by atoms with Crippen molar-refractivity contribution in [2.24, 2.45) is 5.92 Å². The molecule has 0 spiro atoms. The zero-order valence-corrected chi connectivity index (χ0v) is 11.9. The highest BCUT2D eigenvalue weighted by Gasteiger charge is 2.29. The smallest absolute Gasteiger partial charge is 0.410 e. The number of benzene rings is 1. The largest absolute Gasteiger partial charge is 0.445 e. The number of esters is 1. The number of carbonyl (C=O) groups excluding carboxylic acids is 2. The van der Waals surface area contributed by atoms with Crippen molar-refractivity contribution < 1.29 is 19.1 Å². The first-order chi connectivity index (χ1) is 10.2. The van der Waals surface area contributed by atoms with Crippen LogP contribution in [0.1, 0.15) is 18.4 Å². The molecule has 2 rings (SSSR count). The van der Waals surface area contributed by atoms with E-state index in [1.165, 1.54) is 0 Å². The van der Waals surface area contributed by atoms with Gasteiger partial charge in [0.2, 0.25) is 0 Å². The summed E-state index contributed by atoms with van der Waals surface area (Å²) in [5.74, 6) is -0.647. The maximum Gasteiger partial charge on any atom is 0.410 e. The first-order valence-electron chi connectivity index (χ1n) is 6.97. The summed E-state index contributed by atoms with van der Waals surface area (Å²) in [6.07, 6.45) is 2.21. The van der Waals surface area contributed by atoms with E-state index in [1.54, 1.807) is 4.90 Å². The van der Waals surface area contributed by atoms with Gasteiger partial charge < -0.3 is 14.4 Å². The number of likely N-dealkylation sites (tertiary alicyclic amines) is 1. The lowest BCUT2D eigenvalue weighted by Gasteiger charge is -2.30. The fourth-order valence-corrected chi connectivity index (χ4v) is 2.32. The fraction of sp³-hybridized carbons (Fsp3) is 0.375. The second-order valence-corrected chi connectivity index (χ2v) is 4.93. The number of hydrogen-bond donors (Lipinski definition) is 0. The van der Waals surface area contributed by atoms with Gasteiger partial charge in [0.1, 0.15) is 6.61 Å². The van der Waals surface area contributed by atoms with Crippen LogP contribution < -0.4 is 0 Å². The predicted molar refractivity (Wildman–Crippen MR) is 77.2 cm³/mol. The molecule has 0 saturated carbocycles. The molecule has 112 valence electrons. The van der Waals surface area contributed by atoms with Crippen molar-refractivity contribution in [2.45, 2.75) is 19.4 Å². The summed E-state index contributed by atoms with van der Waals surface area (Å²) in [5.41, 5.74) is 0.936. The van der Waals surface area contributed by atoms with Crippen LogP contribution in [0.3, 0.4) is 0 Å². The first-order valence-corrected chi connectivity index (χ1v) is 6.97. The Morgan fingerprint density at radius 2 is 2.10 bits per heavy atom. The third-order valence-corrected chi connectivity index (χ3v) is 3.42. The molecule has 1 aromatic carbocycles.